The molecule has 0 aliphatic heterocycles. The molecule has 7 heteroatoms. The Bertz CT molecular complexity index is 574. The average Bonchev–Trinajstić information content (AvgIpc) is 2.46. The van der Waals surface area contributed by atoms with Gasteiger partial charge in [0.2, 0.25) is 0 Å². The Morgan fingerprint density at radius 1 is 0.652 bits per heavy atom. The Labute approximate surface area is 177 Å². The molecule has 0 N–H and O–H groups in total. The van der Waals surface area contributed by atoms with Crippen LogP contribution >= 0.6 is 31.9 Å². The summed E-state index contributed by atoms with van der Waals surface area (Å²) >= 11 is 6.65. The molecule has 2 aromatic carbocycles. The van der Waals surface area contributed by atoms with Crippen molar-refractivity contribution in [3.8, 4) is 0 Å². The summed E-state index contributed by atoms with van der Waals surface area (Å²) in [6.45, 7) is 0. The molecule has 0 saturated heterocycles. The number of carbonyl (C=O) groups is 2. The second kappa shape index (κ2) is 12.3. The van der Waals surface area contributed by atoms with Crippen LogP contribution in [0.2, 0.25) is 0 Å². The van der Waals surface area contributed by atoms with Gasteiger partial charge in [0.05, 0.1) is 0 Å². The molecule has 0 fully saturated rings. The van der Waals surface area contributed by atoms with Gasteiger partial charge in [-0.05, 0) is 24.3 Å². The van der Waals surface area contributed by atoms with Gasteiger partial charge in [0.1, 0.15) is 0 Å². The Hall–Kier alpha value is -0.0566. The molecule has 0 atom stereocenters. The summed E-state index contributed by atoms with van der Waals surface area (Å²) in [5, 5.41) is 0. The van der Waals surface area contributed by atoms with E-state index in [-0.39, 0.29) is 68.7 Å². The predicted octanol–water partition coefficient (Wildman–Crippen LogP) is -0.937. The fourth-order valence-corrected chi connectivity index (χ4v) is 2.32. The van der Waals surface area contributed by atoms with E-state index in [0.29, 0.717) is 11.1 Å². The van der Waals surface area contributed by atoms with Crippen molar-refractivity contribution in [2.45, 2.75) is 12.8 Å². The molecule has 0 amide bonds. The Morgan fingerprint density at radius 2 is 0.913 bits per heavy atom. The normalized spacial score (nSPS) is 8.96. The molecule has 0 aliphatic carbocycles. The quantitative estimate of drug-likeness (QED) is 0.369. The van der Waals surface area contributed by atoms with E-state index in [1.54, 1.807) is 24.3 Å². The predicted molar refractivity (Wildman–Crippen MR) is 86.2 cm³/mol. The topological polar surface area (TPSA) is 34.1 Å². The molecule has 23 heavy (non-hydrogen) atoms. The van der Waals surface area contributed by atoms with Crippen LogP contribution in [0.25, 0.3) is 0 Å². The van der Waals surface area contributed by atoms with Crippen LogP contribution in [0.1, 0.15) is 33.6 Å². The fraction of sp³-hybridized carbons (Fsp3) is 0.125. The first kappa shape index (κ1) is 25.2. The molecular formula is C16H12Br2Cl2O2Zn. The van der Waals surface area contributed by atoms with E-state index < -0.39 is 0 Å². The van der Waals surface area contributed by atoms with E-state index >= 15 is 0 Å². The van der Waals surface area contributed by atoms with Gasteiger partial charge in [0.25, 0.3) is 0 Å². The third-order valence-corrected chi connectivity index (χ3v) is 3.97. The van der Waals surface area contributed by atoms with Crippen molar-refractivity contribution in [1.29, 1.82) is 0 Å². The molecule has 2 nitrogen and oxygen atoms in total. The molecule has 0 radical (unpaired) electrons. The van der Waals surface area contributed by atoms with Gasteiger partial charge < -0.3 is 24.8 Å². The van der Waals surface area contributed by atoms with Crippen LogP contribution in [0, 0.1) is 0 Å². The van der Waals surface area contributed by atoms with Crippen molar-refractivity contribution in [3.63, 3.8) is 0 Å². The largest absolute Gasteiger partial charge is 2.00 e. The van der Waals surface area contributed by atoms with Crippen LogP contribution < -0.4 is 24.8 Å². The summed E-state index contributed by atoms with van der Waals surface area (Å²) in [6, 6.07) is 14.3. The number of carbonyl (C=O) groups excluding carboxylic acids is 2. The summed E-state index contributed by atoms with van der Waals surface area (Å²) in [7, 11) is 0. The minimum atomic E-state index is -0.0111. The number of hydrogen-bond acceptors (Lipinski definition) is 2. The molecule has 0 spiro atoms. The van der Waals surface area contributed by atoms with E-state index in [2.05, 4.69) is 31.9 Å². The number of benzene rings is 2. The summed E-state index contributed by atoms with van der Waals surface area (Å²) in [6.07, 6.45) is 0.465. The monoisotopic (exact) mass is 528 g/mol. The van der Waals surface area contributed by atoms with Crippen molar-refractivity contribution >= 4 is 43.4 Å². The van der Waals surface area contributed by atoms with Crippen molar-refractivity contribution in [1.82, 2.24) is 0 Å². The van der Waals surface area contributed by atoms with Gasteiger partial charge in [-0.15, -0.1) is 0 Å². The van der Waals surface area contributed by atoms with Crippen LogP contribution in [0.5, 0.6) is 0 Å². The summed E-state index contributed by atoms with van der Waals surface area (Å²) in [4.78, 5) is 23.9. The maximum Gasteiger partial charge on any atom is 2.00 e. The first-order chi connectivity index (χ1) is 9.56. The van der Waals surface area contributed by atoms with Crippen molar-refractivity contribution in [3.05, 3.63) is 68.6 Å². The maximum absolute atomic E-state index is 12.0. The van der Waals surface area contributed by atoms with Gasteiger partial charge in [-0.3, -0.25) is 9.59 Å². The van der Waals surface area contributed by atoms with Gasteiger partial charge in [-0.1, -0.05) is 56.1 Å². The summed E-state index contributed by atoms with van der Waals surface area (Å²) in [5.74, 6) is -0.0223. The fourth-order valence-electron chi connectivity index (χ4n) is 1.79. The van der Waals surface area contributed by atoms with Crippen LogP contribution in [-0.2, 0) is 19.5 Å². The number of rotatable bonds is 5. The summed E-state index contributed by atoms with van der Waals surface area (Å²) < 4.78 is 1.86. The second-order valence-corrected chi connectivity index (χ2v) is 6.19. The van der Waals surface area contributed by atoms with Gasteiger partial charge in [0, 0.05) is 32.9 Å². The number of Topliss-reactive ketones (excluding diaryl/α,β-unsaturated/α-hetero) is 2. The Kier molecular flexibility index (Phi) is 13.5. The molecule has 0 bridgehead atoms. The van der Waals surface area contributed by atoms with Crippen LogP contribution in [0.3, 0.4) is 0 Å². The number of halogens is 4. The molecule has 2 aromatic rings. The van der Waals surface area contributed by atoms with Crippen molar-refractivity contribution < 1.29 is 53.9 Å². The third kappa shape index (κ3) is 8.04. The van der Waals surface area contributed by atoms with Gasteiger partial charge >= 0.3 is 19.5 Å². The van der Waals surface area contributed by atoms with E-state index in [1.165, 1.54) is 0 Å². The van der Waals surface area contributed by atoms with E-state index in [4.69, 9.17) is 0 Å². The molecular weight excluding hydrogens is 520 g/mol. The van der Waals surface area contributed by atoms with Gasteiger partial charge in [-0.2, -0.15) is 0 Å². The van der Waals surface area contributed by atoms with Crippen molar-refractivity contribution in [2.24, 2.45) is 0 Å². The third-order valence-electron chi connectivity index (χ3n) is 2.91. The van der Waals surface area contributed by atoms with Gasteiger partial charge in [-0.25, -0.2) is 0 Å². The van der Waals surface area contributed by atoms with Crippen LogP contribution in [0.4, 0.5) is 0 Å². The minimum Gasteiger partial charge on any atom is -1.00 e. The van der Waals surface area contributed by atoms with Crippen LogP contribution in [0.15, 0.2) is 57.5 Å². The Balaban J connectivity index is 0. The average molecular weight is 532 g/mol. The first-order valence-corrected chi connectivity index (χ1v) is 7.72. The molecule has 0 aliphatic rings. The summed E-state index contributed by atoms with van der Waals surface area (Å²) in [5.41, 5.74) is 1.27. The van der Waals surface area contributed by atoms with E-state index in [1.807, 2.05) is 24.3 Å². The zero-order valence-electron chi connectivity index (χ0n) is 12.1. The number of hydrogen-bond donors (Lipinski definition) is 0. The second-order valence-electron chi connectivity index (χ2n) is 4.36. The van der Waals surface area contributed by atoms with E-state index in [9.17, 15) is 9.59 Å². The van der Waals surface area contributed by atoms with Crippen LogP contribution in [-0.4, -0.2) is 11.6 Å². The van der Waals surface area contributed by atoms with E-state index in [0.717, 1.165) is 8.95 Å². The Morgan fingerprint density at radius 3 is 1.17 bits per heavy atom. The first-order valence-electron chi connectivity index (χ1n) is 6.14. The zero-order chi connectivity index (χ0) is 14.5. The maximum atomic E-state index is 12.0. The minimum absolute atomic E-state index is 0. The van der Waals surface area contributed by atoms with Gasteiger partial charge in [0.15, 0.2) is 11.6 Å². The molecule has 0 heterocycles. The molecule has 0 unspecified atom stereocenters. The molecule has 118 valence electrons. The van der Waals surface area contributed by atoms with Crippen molar-refractivity contribution in [2.75, 3.05) is 0 Å². The SMILES string of the molecule is O=C(CCC(=O)c1ccc(Br)cc1)c1ccc(Br)cc1.[Cl-].[Cl-].[Zn+2]. The molecule has 0 saturated carbocycles. The zero-order valence-corrected chi connectivity index (χ0v) is 19.7. The molecule has 0 aromatic heterocycles. The standard InChI is InChI=1S/C16H12Br2O2.2ClH.Zn/c17-13-5-1-11(2-6-13)15(19)9-10-16(20)12-3-7-14(18)8-4-12;;;/h1-8H,9-10H2;2*1H;/q;;;+2/p-2. The number of ketones is 2. The smallest absolute Gasteiger partial charge is 1.00 e. The molecule has 2 rings (SSSR count).